The fourth-order valence-corrected chi connectivity index (χ4v) is 5.40. The van der Waals surface area contributed by atoms with E-state index in [2.05, 4.69) is 15.0 Å². The second-order valence-electron chi connectivity index (χ2n) is 7.51. The maximum absolute atomic E-state index is 13.1. The van der Waals surface area contributed by atoms with Crippen molar-refractivity contribution in [2.75, 3.05) is 4.72 Å². The predicted octanol–water partition coefficient (Wildman–Crippen LogP) is 5.10. The minimum Gasteiger partial charge on any atom is -0.348 e. The van der Waals surface area contributed by atoms with Crippen LogP contribution in [-0.4, -0.2) is 19.3 Å². The van der Waals surface area contributed by atoms with E-state index in [9.17, 15) is 13.2 Å². The van der Waals surface area contributed by atoms with Gasteiger partial charge in [0, 0.05) is 34.4 Å². The molecule has 2 N–H and O–H groups in total. The molecule has 34 heavy (non-hydrogen) atoms. The molecule has 0 saturated carbocycles. The number of aromatic nitrogens is 1. The second kappa shape index (κ2) is 11.0. The first-order valence-electron chi connectivity index (χ1n) is 10.6. The Morgan fingerprint density at radius 3 is 2.21 bits per heavy atom. The van der Waals surface area contributed by atoms with E-state index in [1.807, 2.05) is 48.5 Å². The molecular weight excluding hydrogens is 466 g/mol. The highest BCUT2D eigenvalue weighted by Gasteiger charge is 2.17. The van der Waals surface area contributed by atoms with Crippen molar-refractivity contribution in [1.82, 2.24) is 10.3 Å². The fraction of sp³-hybridized carbons (Fsp3) is 0.0769. The number of amides is 1. The van der Waals surface area contributed by atoms with Gasteiger partial charge in [-0.15, -0.1) is 0 Å². The molecule has 0 spiro atoms. The van der Waals surface area contributed by atoms with Crippen LogP contribution in [0.5, 0.6) is 0 Å². The van der Waals surface area contributed by atoms with Crippen LogP contribution in [0.1, 0.15) is 21.5 Å². The summed E-state index contributed by atoms with van der Waals surface area (Å²) < 4.78 is 28.0. The van der Waals surface area contributed by atoms with Gasteiger partial charge < -0.3 is 5.32 Å². The van der Waals surface area contributed by atoms with Crippen LogP contribution in [0.2, 0.25) is 0 Å². The number of hydrogen-bond acceptors (Lipinski definition) is 5. The van der Waals surface area contributed by atoms with Crippen LogP contribution in [0.3, 0.4) is 0 Å². The van der Waals surface area contributed by atoms with E-state index in [0.717, 1.165) is 15.4 Å². The number of nitrogens with zero attached hydrogens (tertiary/aromatic N) is 1. The van der Waals surface area contributed by atoms with Crippen LogP contribution < -0.4 is 10.0 Å². The molecule has 0 aliphatic rings. The first-order chi connectivity index (χ1) is 16.5. The highest BCUT2D eigenvalue weighted by Crippen LogP contribution is 2.32. The molecule has 8 heteroatoms. The van der Waals surface area contributed by atoms with E-state index >= 15 is 0 Å². The molecule has 0 aliphatic carbocycles. The van der Waals surface area contributed by atoms with E-state index in [1.54, 1.807) is 54.9 Å². The predicted molar refractivity (Wildman–Crippen MR) is 135 cm³/mol. The van der Waals surface area contributed by atoms with Gasteiger partial charge in [-0.2, -0.15) is 0 Å². The fourth-order valence-electron chi connectivity index (χ4n) is 3.26. The van der Waals surface area contributed by atoms with E-state index < -0.39 is 10.0 Å². The third kappa shape index (κ3) is 6.69. The quantitative estimate of drug-likeness (QED) is 0.341. The van der Waals surface area contributed by atoms with E-state index in [0.29, 0.717) is 23.4 Å². The monoisotopic (exact) mass is 489 g/mol. The number of pyridine rings is 1. The average molecular weight is 490 g/mol. The summed E-state index contributed by atoms with van der Waals surface area (Å²) in [6, 6.07) is 27.3. The Kier molecular flexibility index (Phi) is 7.61. The maximum atomic E-state index is 13.1. The summed E-state index contributed by atoms with van der Waals surface area (Å²) in [6.45, 7) is 0.334. The number of rotatable bonds is 9. The summed E-state index contributed by atoms with van der Waals surface area (Å²) in [5, 5.41) is 2.91. The van der Waals surface area contributed by atoms with Crippen LogP contribution in [0, 0.1) is 0 Å². The van der Waals surface area contributed by atoms with Gasteiger partial charge in [-0.1, -0.05) is 60.3 Å². The molecular formula is C26H23N3O3S2. The lowest BCUT2D eigenvalue weighted by atomic mass is 10.2. The lowest BCUT2D eigenvalue weighted by molar-refractivity contribution is 0.0948. The van der Waals surface area contributed by atoms with Gasteiger partial charge in [0.1, 0.15) is 0 Å². The Labute approximate surface area is 203 Å². The summed E-state index contributed by atoms with van der Waals surface area (Å²) >= 11 is 1.45. The van der Waals surface area contributed by atoms with Gasteiger partial charge in [-0.05, 0) is 53.6 Å². The zero-order chi connectivity index (χ0) is 23.8. The molecule has 0 atom stereocenters. The van der Waals surface area contributed by atoms with Crippen LogP contribution in [0.15, 0.2) is 113 Å². The van der Waals surface area contributed by atoms with Gasteiger partial charge in [0.25, 0.3) is 5.91 Å². The van der Waals surface area contributed by atoms with Crippen molar-refractivity contribution in [2.24, 2.45) is 0 Å². The highest BCUT2D eigenvalue weighted by molar-refractivity contribution is 7.99. The zero-order valence-corrected chi connectivity index (χ0v) is 19.9. The summed E-state index contributed by atoms with van der Waals surface area (Å²) in [6.07, 6.45) is 3.33. The molecule has 0 unspecified atom stereocenters. The minimum absolute atomic E-state index is 0.155. The van der Waals surface area contributed by atoms with Crippen molar-refractivity contribution in [1.29, 1.82) is 0 Å². The third-order valence-electron chi connectivity index (χ3n) is 4.87. The molecule has 3 aromatic carbocycles. The van der Waals surface area contributed by atoms with Gasteiger partial charge in [0.15, 0.2) is 0 Å². The molecule has 6 nitrogen and oxygen atoms in total. The normalized spacial score (nSPS) is 11.1. The van der Waals surface area contributed by atoms with Crippen LogP contribution in [-0.2, 0) is 22.3 Å². The molecule has 1 amide bonds. The molecule has 0 radical (unpaired) electrons. The molecule has 0 saturated heterocycles. The van der Waals surface area contributed by atoms with Gasteiger partial charge in [0.05, 0.1) is 11.3 Å². The summed E-state index contributed by atoms with van der Waals surface area (Å²) in [5.41, 5.74) is 2.33. The maximum Gasteiger partial charge on any atom is 0.252 e. The third-order valence-corrected chi connectivity index (χ3v) is 7.21. The Morgan fingerprint density at radius 2 is 1.50 bits per heavy atom. The Hall–Kier alpha value is -3.62. The van der Waals surface area contributed by atoms with Crippen molar-refractivity contribution in [2.45, 2.75) is 22.1 Å². The Balaban J connectivity index is 1.57. The molecule has 1 heterocycles. The van der Waals surface area contributed by atoms with Crippen LogP contribution in [0.25, 0.3) is 0 Å². The minimum atomic E-state index is -3.65. The van der Waals surface area contributed by atoms with Crippen molar-refractivity contribution in [3.63, 3.8) is 0 Å². The number of nitrogens with one attached hydrogen (secondary N) is 2. The van der Waals surface area contributed by atoms with Crippen molar-refractivity contribution < 1.29 is 13.2 Å². The topological polar surface area (TPSA) is 88.2 Å². The van der Waals surface area contributed by atoms with E-state index in [4.69, 9.17) is 0 Å². The zero-order valence-electron chi connectivity index (χ0n) is 18.2. The summed E-state index contributed by atoms with van der Waals surface area (Å²) in [4.78, 5) is 18.8. The number of hydrogen-bond donors (Lipinski definition) is 2. The Morgan fingerprint density at radius 1 is 0.824 bits per heavy atom. The number of benzene rings is 3. The molecule has 4 rings (SSSR count). The lowest BCUT2D eigenvalue weighted by Gasteiger charge is -2.14. The molecule has 4 aromatic rings. The van der Waals surface area contributed by atoms with Crippen molar-refractivity contribution >= 4 is 33.4 Å². The molecule has 0 aliphatic heterocycles. The standard InChI is InChI=1S/C26H23N3O3S2/c30-26(28-18-20-13-15-27-16-14-20)24-17-22(11-12-25(24)33-23-9-5-2-6-10-23)29-34(31,32)19-21-7-3-1-4-8-21/h1-17,29H,18-19H2,(H,28,30). The smallest absolute Gasteiger partial charge is 0.252 e. The van der Waals surface area contributed by atoms with Crippen molar-refractivity contribution in [3.8, 4) is 0 Å². The highest BCUT2D eigenvalue weighted by atomic mass is 32.2. The van der Waals surface area contributed by atoms with Crippen LogP contribution >= 0.6 is 11.8 Å². The largest absolute Gasteiger partial charge is 0.348 e. The Bertz CT molecular complexity index is 1350. The first kappa shape index (κ1) is 23.5. The number of carbonyl (C=O) groups excluding carboxylic acids is 1. The van der Waals surface area contributed by atoms with Crippen molar-refractivity contribution in [3.05, 3.63) is 120 Å². The first-order valence-corrected chi connectivity index (χ1v) is 13.0. The summed E-state index contributed by atoms with van der Waals surface area (Å²) in [7, 11) is -3.65. The molecule has 1 aromatic heterocycles. The average Bonchev–Trinajstić information content (AvgIpc) is 2.85. The van der Waals surface area contributed by atoms with Gasteiger partial charge in [-0.3, -0.25) is 14.5 Å². The second-order valence-corrected chi connectivity index (χ2v) is 10.3. The van der Waals surface area contributed by atoms with E-state index in [-0.39, 0.29) is 11.7 Å². The van der Waals surface area contributed by atoms with Gasteiger partial charge in [-0.25, -0.2) is 8.42 Å². The van der Waals surface area contributed by atoms with Gasteiger partial charge >= 0.3 is 0 Å². The molecule has 172 valence electrons. The number of carbonyl (C=O) groups is 1. The van der Waals surface area contributed by atoms with E-state index in [1.165, 1.54) is 11.8 Å². The van der Waals surface area contributed by atoms with Crippen LogP contribution in [0.4, 0.5) is 5.69 Å². The molecule has 0 bridgehead atoms. The lowest BCUT2D eigenvalue weighted by Crippen LogP contribution is -2.24. The summed E-state index contributed by atoms with van der Waals surface area (Å²) in [5.74, 6) is -0.447. The number of sulfonamides is 1. The molecule has 0 fully saturated rings. The SMILES string of the molecule is O=C(NCc1ccncc1)c1cc(NS(=O)(=O)Cc2ccccc2)ccc1Sc1ccccc1. The van der Waals surface area contributed by atoms with Gasteiger partial charge in [0.2, 0.25) is 10.0 Å². The number of anilines is 1.